The van der Waals surface area contributed by atoms with Crippen molar-refractivity contribution in [3.8, 4) is 0 Å². The number of rotatable bonds is 6. The molecule has 0 saturated heterocycles. The highest BCUT2D eigenvalue weighted by molar-refractivity contribution is 7.98. The minimum atomic E-state index is -0.0737. The maximum absolute atomic E-state index is 11.9. The lowest BCUT2D eigenvalue weighted by Crippen LogP contribution is -2.29. The zero-order valence-electron chi connectivity index (χ0n) is 10.5. The highest BCUT2D eigenvalue weighted by atomic mass is 32.2. The molecule has 0 aromatic carbocycles. The van der Waals surface area contributed by atoms with E-state index in [0.717, 1.165) is 11.4 Å². The molecule has 1 atom stereocenters. The topological polar surface area (TPSA) is 54.0 Å². The molecular weight excluding hydrogens is 234 g/mol. The first-order valence-corrected chi connectivity index (χ1v) is 6.97. The van der Waals surface area contributed by atoms with Crippen LogP contribution in [-0.4, -0.2) is 36.5 Å². The summed E-state index contributed by atoms with van der Waals surface area (Å²) in [5.41, 5.74) is 1.39. The van der Waals surface area contributed by atoms with Gasteiger partial charge < -0.3 is 10.6 Å². The summed E-state index contributed by atoms with van der Waals surface area (Å²) in [5.74, 6) is 1.45. The number of pyridine rings is 1. The Labute approximate surface area is 107 Å². The lowest BCUT2D eigenvalue weighted by atomic mass is 10.2. The molecule has 1 amide bonds. The van der Waals surface area contributed by atoms with Crippen molar-refractivity contribution in [3.63, 3.8) is 0 Å². The number of hydrogen-bond donors (Lipinski definition) is 2. The third kappa shape index (κ3) is 4.26. The molecule has 0 aliphatic carbocycles. The number of nitrogens with zero attached hydrogens (tertiary/aromatic N) is 1. The van der Waals surface area contributed by atoms with Gasteiger partial charge in [0.2, 0.25) is 0 Å². The van der Waals surface area contributed by atoms with E-state index in [1.807, 2.05) is 0 Å². The van der Waals surface area contributed by atoms with Gasteiger partial charge in [-0.05, 0) is 24.0 Å². The van der Waals surface area contributed by atoms with Crippen LogP contribution in [0.2, 0.25) is 0 Å². The van der Waals surface area contributed by atoms with Crippen LogP contribution in [-0.2, 0) is 0 Å². The Morgan fingerprint density at radius 2 is 2.35 bits per heavy atom. The molecule has 1 aromatic heterocycles. The van der Waals surface area contributed by atoms with Gasteiger partial charge in [-0.3, -0.25) is 9.78 Å². The van der Waals surface area contributed by atoms with E-state index in [4.69, 9.17) is 0 Å². The van der Waals surface area contributed by atoms with Gasteiger partial charge in [-0.2, -0.15) is 11.8 Å². The lowest BCUT2D eigenvalue weighted by molar-refractivity contribution is 0.0949. The molecule has 1 aromatic rings. The van der Waals surface area contributed by atoms with Crippen LogP contribution < -0.4 is 10.6 Å². The van der Waals surface area contributed by atoms with Crippen LogP contribution in [0.25, 0.3) is 0 Å². The van der Waals surface area contributed by atoms with Crippen molar-refractivity contribution in [2.24, 2.45) is 5.92 Å². The fourth-order valence-electron chi connectivity index (χ4n) is 1.50. The lowest BCUT2D eigenvalue weighted by Gasteiger charge is -2.12. The predicted octanol–water partition coefficient (Wildman–Crippen LogP) is 1.85. The van der Waals surface area contributed by atoms with Gasteiger partial charge in [0.1, 0.15) is 0 Å². The fourth-order valence-corrected chi connectivity index (χ4v) is 2.19. The van der Waals surface area contributed by atoms with Crippen molar-refractivity contribution in [1.29, 1.82) is 0 Å². The molecule has 94 valence electrons. The summed E-state index contributed by atoms with van der Waals surface area (Å²) in [7, 11) is 1.79. The van der Waals surface area contributed by atoms with E-state index < -0.39 is 0 Å². The second-order valence-corrected chi connectivity index (χ2v) is 4.85. The fraction of sp³-hybridized carbons (Fsp3) is 0.500. The van der Waals surface area contributed by atoms with E-state index in [2.05, 4.69) is 28.8 Å². The Morgan fingerprint density at radius 3 is 3.00 bits per heavy atom. The van der Waals surface area contributed by atoms with Crippen LogP contribution in [0.3, 0.4) is 0 Å². The van der Waals surface area contributed by atoms with Crippen LogP contribution in [0.5, 0.6) is 0 Å². The molecule has 0 fully saturated rings. The second kappa shape index (κ2) is 7.17. The van der Waals surface area contributed by atoms with Gasteiger partial charge in [0.15, 0.2) is 0 Å². The smallest absolute Gasteiger partial charge is 0.254 e. The van der Waals surface area contributed by atoms with Crippen molar-refractivity contribution in [3.05, 3.63) is 24.0 Å². The van der Waals surface area contributed by atoms with E-state index in [9.17, 15) is 4.79 Å². The molecule has 0 spiro atoms. The molecule has 0 bridgehead atoms. The molecule has 4 nitrogen and oxygen atoms in total. The molecule has 0 saturated carbocycles. The third-order valence-electron chi connectivity index (χ3n) is 2.40. The minimum absolute atomic E-state index is 0.0737. The summed E-state index contributed by atoms with van der Waals surface area (Å²) in [5, 5.41) is 5.91. The van der Waals surface area contributed by atoms with Crippen LogP contribution in [0.4, 0.5) is 5.69 Å². The van der Waals surface area contributed by atoms with Crippen LogP contribution in [0.15, 0.2) is 18.5 Å². The van der Waals surface area contributed by atoms with Gasteiger partial charge in [-0.1, -0.05) is 6.92 Å². The number of hydrogen-bond acceptors (Lipinski definition) is 4. The minimum Gasteiger partial charge on any atom is -0.387 e. The van der Waals surface area contributed by atoms with Gasteiger partial charge in [0, 0.05) is 31.7 Å². The second-order valence-electron chi connectivity index (χ2n) is 3.94. The Balaban J connectivity index is 2.58. The number of nitrogens with one attached hydrogen (secondary N) is 2. The molecule has 2 N–H and O–H groups in total. The molecule has 0 aliphatic rings. The third-order valence-corrected chi connectivity index (χ3v) is 3.30. The molecule has 5 heteroatoms. The van der Waals surface area contributed by atoms with E-state index in [1.54, 1.807) is 37.3 Å². The predicted molar refractivity (Wildman–Crippen MR) is 73.7 cm³/mol. The van der Waals surface area contributed by atoms with Crippen LogP contribution in [0, 0.1) is 5.92 Å². The van der Waals surface area contributed by atoms with Crippen molar-refractivity contribution in [1.82, 2.24) is 10.3 Å². The average molecular weight is 253 g/mol. The summed E-state index contributed by atoms with van der Waals surface area (Å²) in [4.78, 5) is 15.9. The van der Waals surface area contributed by atoms with Crippen molar-refractivity contribution in [2.75, 3.05) is 30.9 Å². The van der Waals surface area contributed by atoms with Gasteiger partial charge >= 0.3 is 0 Å². The van der Waals surface area contributed by atoms with Crippen LogP contribution >= 0.6 is 11.8 Å². The van der Waals surface area contributed by atoms with Gasteiger partial charge in [-0.25, -0.2) is 0 Å². The highest BCUT2D eigenvalue weighted by Crippen LogP contribution is 2.12. The number of thioether (sulfide) groups is 1. The number of aromatic nitrogens is 1. The number of amides is 1. The monoisotopic (exact) mass is 253 g/mol. The Kier molecular flexibility index (Phi) is 5.83. The standard InChI is InChI=1S/C12H19N3OS/c1-9(8-17-3)6-15-12(16)10-7-14-5-4-11(10)13-2/h4-5,7,9H,6,8H2,1-3H3,(H,13,14)(H,15,16). The quantitative estimate of drug-likeness (QED) is 0.812. The number of carbonyl (C=O) groups excluding carboxylic acids is 1. The maximum atomic E-state index is 11.9. The SMILES string of the molecule is CNc1ccncc1C(=O)NCC(C)CSC. The summed E-state index contributed by atoms with van der Waals surface area (Å²) < 4.78 is 0. The molecule has 17 heavy (non-hydrogen) atoms. The molecule has 1 rings (SSSR count). The van der Waals surface area contributed by atoms with Crippen LogP contribution in [0.1, 0.15) is 17.3 Å². The van der Waals surface area contributed by atoms with Gasteiger partial charge in [-0.15, -0.1) is 0 Å². The maximum Gasteiger partial charge on any atom is 0.254 e. The van der Waals surface area contributed by atoms with E-state index in [1.165, 1.54) is 0 Å². The van der Waals surface area contributed by atoms with Gasteiger partial charge in [0.05, 0.1) is 5.56 Å². The first-order chi connectivity index (χ1) is 8.19. The van der Waals surface area contributed by atoms with E-state index in [-0.39, 0.29) is 5.91 Å². The number of carbonyl (C=O) groups is 1. The molecule has 0 aliphatic heterocycles. The Bertz CT molecular complexity index is 371. The average Bonchev–Trinajstić information content (AvgIpc) is 2.36. The largest absolute Gasteiger partial charge is 0.387 e. The molecule has 1 heterocycles. The highest BCUT2D eigenvalue weighted by Gasteiger charge is 2.11. The summed E-state index contributed by atoms with van der Waals surface area (Å²) in [6, 6.07) is 1.79. The van der Waals surface area contributed by atoms with E-state index in [0.29, 0.717) is 18.0 Å². The van der Waals surface area contributed by atoms with Crippen molar-refractivity contribution >= 4 is 23.4 Å². The van der Waals surface area contributed by atoms with E-state index >= 15 is 0 Å². The summed E-state index contributed by atoms with van der Waals surface area (Å²) in [6.45, 7) is 2.82. The van der Waals surface area contributed by atoms with Crippen molar-refractivity contribution in [2.45, 2.75) is 6.92 Å². The molecule has 1 unspecified atom stereocenters. The normalized spacial score (nSPS) is 11.9. The van der Waals surface area contributed by atoms with Gasteiger partial charge in [0.25, 0.3) is 5.91 Å². The first kappa shape index (κ1) is 13.8. The summed E-state index contributed by atoms with van der Waals surface area (Å²) >= 11 is 1.79. The molecular formula is C12H19N3OS. The summed E-state index contributed by atoms with van der Waals surface area (Å²) in [6.07, 6.45) is 5.32. The molecule has 0 radical (unpaired) electrons. The zero-order chi connectivity index (χ0) is 12.7. The van der Waals surface area contributed by atoms with Crippen molar-refractivity contribution < 1.29 is 4.79 Å². The zero-order valence-corrected chi connectivity index (χ0v) is 11.3. The number of anilines is 1. The first-order valence-electron chi connectivity index (χ1n) is 5.58. The Morgan fingerprint density at radius 1 is 1.59 bits per heavy atom. The Hall–Kier alpha value is -1.23.